The second-order valence-corrected chi connectivity index (χ2v) is 5.94. The van der Waals surface area contributed by atoms with Crippen LogP contribution in [0.4, 0.5) is 0 Å². The molecule has 1 aliphatic rings. The van der Waals surface area contributed by atoms with E-state index < -0.39 is 5.97 Å². The van der Waals surface area contributed by atoms with Gasteiger partial charge in [0, 0.05) is 4.47 Å². The lowest BCUT2D eigenvalue weighted by atomic mass is 9.94. The third-order valence-electron chi connectivity index (χ3n) is 3.66. The molecule has 0 heterocycles. The molecule has 0 aliphatic heterocycles. The number of hydrogen-bond donors (Lipinski definition) is 1. The van der Waals surface area contributed by atoms with Gasteiger partial charge in [-0.2, -0.15) is 0 Å². The summed E-state index contributed by atoms with van der Waals surface area (Å²) in [7, 11) is 0. The molecule has 1 aromatic carbocycles. The first-order valence-electron chi connectivity index (χ1n) is 5.98. The van der Waals surface area contributed by atoms with Gasteiger partial charge in [0.25, 0.3) is 0 Å². The second-order valence-electron chi connectivity index (χ2n) is 5.09. The van der Waals surface area contributed by atoms with Crippen LogP contribution in [0.15, 0.2) is 22.7 Å². The summed E-state index contributed by atoms with van der Waals surface area (Å²) < 4.78 is 1.13. The van der Waals surface area contributed by atoms with Crippen molar-refractivity contribution in [3.63, 3.8) is 0 Å². The maximum absolute atomic E-state index is 10.8. The molecule has 0 radical (unpaired) electrons. The van der Waals surface area contributed by atoms with E-state index in [4.69, 9.17) is 5.11 Å². The molecule has 0 amide bonds. The van der Waals surface area contributed by atoms with Gasteiger partial charge in [0.1, 0.15) is 0 Å². The van der Waals surface area contributed by atoms with E-state index in [1.54, 1.807) is 0 Å². The van der Waals surface area contributed by atoms with Crippen LogP contribution >= 0.6 is 15.9 Å². The van der Waals surface area contributed by atoms with Crippen molar-refractivity contribution in [1.82, 2.24) is 0 Å². The molecule has 1 aliphatic carbocycles. The van der Waals surface area contributed by atoms with Crippen molar-refractivity contribution in [2.45, 2.75) is 32.6 Å². The van der Waals surface area contributed by atoms with Crippen LogP contribution < -0.4 is 0 Å². The van der Waals surface area contributed by atoms with E-state index in [0.29, 0.717) is 11.8 Å². The fraction of sp³-hybridized carbons (Fsp3) is 0.500. The van der Waals surface area contributed by atoms with E-state index in [2.05, 4.69) is 48.0 Å². The molecule has 1 saturated carbocycles. The Bertz CT molecular complexity index is 442. The molecular formula is C14H17BrO2. The van der Waals surface area contributed by atoms with Crippen molar-refractivity contribution in [2.24, 2.45) is 11.8 Å². The van der Waals surface area contributed by atoms with Crippen LogP contribution in [-0.4, -0.2) is 11.1 Å². The summed E-state index contributed by atoms with van der Waals surface area (Å²) in [6.45, 7) is 4.24. The van der Waals surface area contributed by atoms with Gasteiger partial charge in [-0.25, -0.2) is 0 Å². The molecule has 0 bridgehead atoms. The monoisotopic (exact) mass is 296 g/mol. The summed E-state index contributed by atoms with van der Waals surface area (Å²) in [5.41, 5.74) is 2.52. The lowest BCUT2D eigenvalue weighted by Crippen LogP contribution is -2.02. The summed E-state index contributed by atoms with van der Waals surface area (Å²) in [4.78, 5) is 10.8. The molecular weight excluding hydrogens is 280 g/mol. The summed E-state index contributed by atoms with van der Waals surface area (Å²) in [6, 6.07) is 6.40. The zero-order chi connectivity index (χ0) is 12.6. The number of rotatable bonds is 4. The Hall–Kier alpha value is -0.830. The third-order valence-corrected chi connectivity index (χ3v) is 4.52. The highest BCUT2D eigenvalue weighted by Crippen LogP contribution is 2.45. The van der Waals surface area contributed by atoms with Crippen molar-refractivity contribution in [1.29, 1.82) is 0 Å². The summed E-state index contributed by atoms with van der Waals surface area (Å²) in [6.07, 6.45) is 1.83. The van der Waals surface area contributed by atoms with Gasteiger partial charge in [-0.05, 0) is 48.8 Å². The number of halogens is 1. The van der Waals surface area contributed by atoms with Crippen molar-refractivity contribution in [3.05, 3.63) is 33.8 Å². The number of aryl methyl sites for hydroxylation is 1. The van der Waals surface area contributed by atoms with Crippen LogP contribution in [0.1, 0.15) is 36.8 Å². The number of carbonyl (C=O) groups is 1. The largest absolute Gasteiger partial charge is 0.481 e. The number of carboxylic acids is 1. The Morgan fingerprint density at radius 2 is 2.29 bits per heavy atom. The SMILES string of the molecule is Cc1ccc(C(C)CC2CC2C(=O)O)cc1Br. The van der Waals surface area contributed by atoms with Crippen LogP contribution in [-0.2, 0) is 4.79 Å². The molecule has 0 spiro atoms. The minimum absolute atomic E-state index is 0.0914. The molecule has 3 heteroatoms. The maximum atomic E-state index is 10.8. The molecule has 2 rings (SSSR count). The van der Waals surface area contributed by atoms with Gasteiger partial charge in [0.2, 0.25) is 0 Å². The molecule has 92 valence electrons. The van der Waals surface area contributed by atoms with Crippen LogP contribution in [0.3, 0.4) is 0 Å². The quantitative estimate of drug-likeness (QED) is 0.913. The summed E-state index contributed by atoms with van der Waals surface area (Å²) >= 11 is 3.54. The van der Waals surface area contributed by atoms with Gasteiger partial charge in [0.05, 0.1) is 5.92 Å². The van der Waals surface area contributed by atoms with Gasteiger partial charge in [-0.3, -0.25) is 4.79 Å². The molecule has 0 saturated heterocycles. The standard InChI is InChI=1S/C14H17BrO2/c1-8-3-4-10(7-13(8)15)9(2)5-11-6-12(11)14(16)17/h3-4,7,9,11-12H,5-6H2,1-2H3,(H,16,17). The second kappa shape index (κ2) is 4.81. The van der Waals surface area contributed by atoms with E-state index in [0.717, 1.165) is 17.3 Å². The van der Waals surface area contributed by atoms with Gasteiger partial charge >= 0.3 is 5.97 Å². The molecule has 0 aromatic heterocycles. The maximum Gasteiger partial charge on any atom is 0.306 e. The highest BCUT2D eigenvalue weighted by molar-refractivity contribution is 9.10. The zero-order valence-electron chi connectivity index (χ0n) is 10.1. The molecule has 1 N–H and O–H groups in total. The van der Waals surface area contributed by atoms with Gasteiger partial charge in [-0.1, -0.05) is 35.0 Å². The van der Waals surface area contributed by atoms with Crippen molar-refractivity contribution < 1.29 is 9.90 Å². The van der Waals surface area contributed by atoms with Gasteiger partial charge in [-0.15, -0.1) is 0 Å². The highest BCUT2D eigenvalue weighted by Gasteiger charge is 2.43. The molecule has 3 atom stereocenters. The minimum Gasteiger partial charge on any atom is -0.481 e. The lowest BCUT2D eigenvalue weighted by Gasteiger charge is -2.12. The Labute approximate surface area is 110 Å². The van der Waals surface area contributed by atoms with E-state index in [9.17, 15) is 4.79 Å². The number of aliphatic carboxylic acids is 1. The molecule has 1 aromatic rings. The summed E-state index contributed by atoms with van der Waals surface area (Å²) in [5, 5.41) is 8.88. The molecule has 17 heavy (non-hydrogen) atoms. The molecule has 2 nitrogen and oxygen atoms in total. The molecule has 3 unspecified atom stereocenters. The Morgan fingerprint density at radius 1 is 1.59 bits per heavy atom. The number of carboxylic acid groups (broad SMARTS) is 1. The van der Waals surface area contributed by atoms with Gasteiger partial charge < -0.3 is 5.11 Å². The number of benzene rings is 1. The van der Waals surface area contributed by atoms with Crippen LogP contribution in [0.2, 0.25) is 0 Å². The van der Waals surface area contributed by atoms with Crippen LogP contribution in [0.25, 0.3) is 0 Å². The highest BCUT2D eigenvalue weighted by atomic mass is 79.9. The topological polar surface area (TPSA) is 37.3 Å². The first-order chi connectivity index (χ1) is 7.99. The third kappa shape index (κ3) is 2.89. The summed E-state index contributed by atoms with van der Waals surface area (Å²) in [5.74, 6) is 0.0856. The fourth-order valence-corrected chi connectivity index (χ4v) is 2.71. The first kappa shape index (κ1) is 12.6. The van der Waals surface area contributed by atoms with Crippen molar-refractivity contribution in [2.75, 3.05) is 0 Å². The lowest BCUT2D eigenvalue weighted by molar-refractivity contribution is -0.138. The molecule has 1 fully saturated rings. The van der Waals surface area contributed by atoms with E-state index >= 15 is 0 Å². The average Bonchev–Trinajstić information content (AvgIpc) is 3.01. The number of hydrogen-bond acceptors (Lipinski definition) is 1. The average molecular weight is 297 g/mol. The minimum atomic E-state index is -0.632. The van der Waals surface area contributed by atoms with E-state index in [1.165, 1.54) is 11.1 Å². The first-order valence-corrected chi connectivity index (χ1v) is 6.77. The van der Waals surface area contributed by atoms with E-state index in [1.807, 2.05) is 0 Å². The predicted octanol–water partition coefficient (Wildman–Crippen LogP) is 3.97. The Kier molecular flexibility index (Phi) is 3.57. The normalized spacial score (nSPS) is 24.4. The van der Waals surface area contributed by atoms with Crippen LogP contribution in [0, 0.1) is 18.8 Å². The fourth-order valence-electron chi connectivity index (χ4n) is 2.32. The Morgan fingerprint density at radius 3 is 2.82 bits per heavy atom. The zero-order valence-corrected chi connectivity index (χ0v) is 11.7. The van der Waals surface area contributed by atoms with Crippen LogP contribution in [0.5, 0.6) is 0 Å². The van der Waals surface area contributed by atoms with Gasteiger partial charge in [0.15, 0.2) is 0 Å². The predicted molar refractivity (Wildman–Crippen MR) is 71.1 cm³/mol. The Balaban J connectivity index is 1.98. The van der Waals surface area contributed by atoms with Crippen molar-refractivity contribution in [3.8, 4) is 0 Å². The van der Waals surface area contributed by atoms with Crippen molar-refractivity contribution >= 4 is 21.9 Å². The van der Waals surface area contributed by atoms with E-state index in [-0.39, 0.29) is 5.92 Å². The smallest absolute Gasteiger partial charge is 0.306 e.